The van der Waals surface area contributed by atoms with E-state index in [-0.39, 0.29) is 19.5 Å². The molecule has 0 saturated carbocycles. The average molecular weight is 182 g/mol. The minimum absolute atomic E-state index is 0. The van der Waals surface area contributed by atoms with E-state index in [2.05, 4.69) is 0 Å². The molecule has 0 aromatic carbocycles. The SMILES string of the molecule is O=[S+]C(F)(F)F.[Zn]. The van der Waals surface area contributed by atoms with Crippen LogP contribution in [0.25, 0.3) is 0 Å². The van der Waals surface area contributed by atoms with Gasteiger partial charge >= 0.3 is 17.2 Å². The summed E-state index contributed by atoms with van der Waals surface area (Å²) >= 11 is -1.37. The van der Waals surface area contributed by atoms with Gasteiger partial charge in [-0.15, -0.1) is 13.2 Å². The Morgan fingerprint density at radius 2 is 1.43 bits per heavy atom. The molecule has 0 unspecified atom stereocenters. The molecule has 0 heterocycles. The van der Waals surface area contributed by atoms with Crippen LogP contribution >= 0.6 is 0 Å². The molecule has 0 bridgehead atoms. The Morgan fingerprint density at radius 3 is 1.43 bits per heavy atom. The van der Waals surface area contributed by atoms with Crippen LogP contribution in [0, 0.1) is 0 Å². The molecule has 0 rings (SSSR count). The van der Waals surface area contributed by atoms with Crippen molar-refractivity contribution >= 4 is 11.7 Å². The van der Waals surface area contributed by atoms with Gasteiger partial charge in [-0.1, -0.05) is 0 Å². The van der Waals surface area contributed by atoms with Gasteiger partial charge in [0.2, 0.25) is 0 Å². The summed E-state index contributed by atoms with van der Waals surface area (Å²) < 4.78 is 40.0. The molecule has 0 aliphatic carbocycles. The maximum absolute atomic E-state index is 10.4. The van der Waals surface area contributed by atoms with Crippen LogP contribution in [-0.4, -0.2) is 5.51 Å². The predicted octanol–water partition coefficient (Wildman–Crippen LogP) is 0.932. The van der Waals surface area contributed by atoms with E-state index in [1.807, 2.05) is 0 Å². The van der Waals surface area contributed by atoms with Crippen LogP contribution in [-0.2, 0) is 35.4 Å². The molecule has 0 fully saturated rings. The molecule has 0 aromatic rings. The molecule has 38 valence electrons. The van der Waals surface area contributed by atoms with Crippen molar-refractivity contribution in [2.45, 2.75) is 5.51 Å². The van der Waals surface area contributed by atoms with Crippen molar-refractivity contribution in [2.24, 2.45) is 0 Å². The van der Waals surface area contributed by atoms with Gasteiger partial charge < -0.3 is 0 Å². The molecule has 0 radical (unpaired) electrons. The first kappa shape index (κ1) is 10.4. The number of rotatable bonds is 0. The third-order valence-electron chi connectivity index (χ3n) is 0.0945. The van der Waals surface area contributed by atoms with E-state index in [9.17, 15) is 13.2 Å². The molecule has 1 nitrogen and oxygen atoms in total. The average Bonchev–Trinajstić information content (AvgIpc) is 1.35. The van der Waals surface area contributed by atoms with Crippen LogP contribution in [0.1, 0.15) is 0 Å². The fourth-order valence-electron chi connectivity index (χ4n) is 0. The van der Waals surface area contributed by atoms with Crippen molar-refractivity contribution in [3.8, 4) is 0 Å². The molecule has 0 aromatic heterocycles. The second kappa shape index (κ2) is 3.44. The summed E-state index contributed by atoms with van der Waals surface area (Å²) in [5.41, 5.74) is -4.60. The molecule has 0 amide bonds. The van der Waals surface area contributed by atoms with Crippen LogP contribution in [0.5, 0.6) is 0 Å². The first-order chi connectivity index (χ1) is 2.56. The number of alkyl halides is 3. The van der Waals surface area contributed by atoms with Gasteiger partial charge in [-0.2, -0.15) is 0 Å². The van der Waals surface area contributed by atoms with Crippen molar-refractivity contribution in [1.82, 2.24) is 0 Å². The van der Waals surface area contributed by atoms with E-state index in [4.69, 9.17) is 4.21 Å². The molecule has 6 heteroatoms. The quantitative estimate of drug-likeness (QED) is 0.402. The Hall–Kier alpha value is 0.433. The van der Waals surface area contributed by atoms with Crippen LogP contribution in [0.15, 0.2) is 0 Å². The van der Waals surface area contributed by atoms with Crippen molar-refractivity contribution in [2.75, 3.05) is 0 Å². The third-order valence-corrected chi connectivity index (χ3v) is 0.283. The first-order valence-corrected chi connectivity index (χ1v) is 1.68. The summed E-state index contributed by atoms with van der Waals surface area (Å²) in [6.45, 7) is 0. The molecule has 0 N–H and O–H groups in total. The second-order valence-electron chi connectivity index (χ2n) is 0.529. The van der Waals surface area contributed by atoms with Crippen LogP contribution in [0.4, 0.5) is 13.2 Å². The maximum Gasteiger partial charge on any atom is 0.698 e. The molecule has 0 aliphatic rings. The number of halogens is 3. The van der Waals surface area contributed by atoms with Gasteiger partial charge in [0.25, 0.3) is 0 Å². The molecule has 0 spiro atoms. The van der Waals surface area contributed by atoms with E-state index < -0.39 is 17.2 Å². The van der Waals surface area contributed by atoms with Gasteiger partial charge in [-0.05, 0) is 0 Å². The standard InChI is InChI=1S/CF3OS.Zn/c2-1(3,4)6-5;/q+1;. The normalized spacial score (nSPS) is 9.57. The van der Waals surface area contributed by atoms with E-state index >= 15 is 0 Å². The molecular weight excluding hydrogens is 182 g/mol. The zero-order valence-corrected chi connectivity index (χ0v) is 6.94. The van der Waals surface area contributed by atoms with Gasteiger partial charge in [-0.3, -0.25) is 0 Å². The summed E-state index contributed by atoms with van der Waals surface area (Å²) in [6, 6.07) is 0. The Balaban J connectivity index is 0. The van der Waals surface area contributed by atoms with Gasteiger partial charge in [0.05, 0.1) is 0 Å². The van der Waals surface area contributed by atoms with Crippen LogP contribution in [0.2, 0.25) is 0 Å². The minimum Gasteiger partial charge on any atom is -0.111 e. The second-order valence-corrected chi connectivity index (χ2v) is 1.16. The van der Waals surface area contributed by atoms with Gasteiger partial charge in [0.15, 0.2) is 0 Å². The zero-order chi connectivity index (χ0) is 5.21. The summed E-state index contributed by atoms with van der Waals surface area (Å²) in [4.78, 5) is 0. The van der Waals surface area contributed by atoms with Gasteiger partial charge in [0, 0.05) is 23.7 Å². The molecule has 7 heavy (non-hydrogen) atoms. The van der Waals surface area contributed by atoms with Gasteiger partial charge in [0.1, 0.15) is 0 Å². The first-order valence-electron chi connectivity index (χ1n) is 0.938. The molecular formula is CF3OSZn+. The smallest absolute Gasteiger partial charge is 0.111 e. The summed E-state index contributed by atoms with van der Waals surface area (Å²) in [6.07, 6.45) is 0. The summed E-state index contributed by atoms with van der Waals surface area (Å²) in [7, 11) is 0. The predicted molar refractivity (Wildman–Crippen MR) is 14.1 cm³/mol. The number of hydrogen-bond acceptors (Lipinski definition) is 1. The number of hydrogen-bond donors (Lipinski definition) is 0. The molecule has 0 saturated heterocycles. The zero-order valence-electron chi connectivity index (χ0n) is 3.16. The monoisotopic (exact) mass is 181 g/mol. The Bertz CT molecular complexity index is 60.4. The molecule has 0 atom stereocenters. The Kier molecular flexibility index (Phi) is 5.12. The summed E-state index contributed by atoms with van der Waals surface area (Å²) in [5.74, 6) is 0. The van der Waals surface area contributed by atoms with E-state index in [0.29, 0.717) is 0 Å². The van der Waals surface area contributed by atoms with Crippen molar-refractivity contribution in [1.29, 1.82) is 0 Å². The summed E-state index contributed by atoms with van der Waals surface area (Å²) in [5, 5.41) is 0. The Morgan fingerprint density at radius 1 is 1.29 bits per heavy atom. The fourth-order valence-corrected chi connectivity index (χ4v) is 0. The maximum atomic E-state index is 10.4. The van der Waals surface area contributed by atoms with E-state index in [1.54, 1.807) is 0 Å². The van der Waals surface area contributed by atoms with Crippen LogP contribution in [0.3, 0.4) is 0 Å². The molecule has 0 aliphatic heterocycles. The van der Waals surface area contributed by atoms with Crippen molar-refractivity contribution < 1.29 is 36.9 Å². The third kappa shape index (κ3) is 10.7. The Labute approximate surface area is 54.5 Å². The van der Waals surface area contributed by atoms with Crippen LogP contribution < -0.4 is 0 Å². The fraction of sp³-hybridized carbons (Fsp3) is 1.00. The minimum atomic E-state index is -4.60. The van der Waals surface area contributed by atoms with E-state index in [1.165, 1.54) is 0 Å². The van der Waals surface area contributed by atoms with Crippen molar-refractivity contribution in [3.63, 3.8) is 0 Å². The van der Waals surface area contributed by atoms with E-state index in [0.717, 1.165) is 0 Å². The topological polar surface area (TPSA) is 17.1 Å². The van der Waals surface area contributed by atoms with Crippen molar-refractivity contribution in [3.05, 3.63) is 0 Å². The van der Waals surface area contributed by atoms with Gasteiger partial charge in [-0.25, -0.2) is 0 Å². The largest absolute Gasteiger partial charge is 0.698 e.